The first-order valence-corrected chi connectivity index (χ1v) is 6.09. The van der Waals surface area contributed by atoms with Crippen LogP contribution in [-0.2, 0) is 4.74 Å². The number of hydrogen-bond acceptors (Lipinski definition) is 4. The van der Waals surface area contributed by atoms with Gasteiger partial charge in [-0.05, 0) is 32.9 Å². The Labute approximate surface area is 107 Å². The molecule has 4 nitrogen and oxygen atoms in total. The lowest BCUT2D eigenvalue weighted by molar-refractivity contribution is 0.0526. The van der Waals surface area contributed by atoms with E-state index in [9.17, 15) is 4.79 Å². The fourth-order valence-corrected chi connectivity index (χ4v) is 1.73. The van der Waals surface area contributed by atoms with Crippen molar-refractivity contribution in [3.63, 3.8) is 0 Å². The first-order valence-electron chi connectivity index (χ1n) is 5.72. The van der Waals surface area contributed by atoms with Crippen molar-refractivity contribution in [1.82, 2.24) is 4.98 Å². The highest BCUT2D eigenvalue weighted by Gasteiger charge is 2.12. The molecule has 0 bridgehead atoms. The number of rotatable bonds is 5. The molecule has 0 N–H and O–H groups in total. The van der Waals surface area contributed by atoms with E-state index in [0.717, 1.165) is 13.1 Å². The first-order chi connectivity index (χ1) is 8.12. The van der Waals surface area contributed by atoms with Gasteiger partial charge in [-0.2, -0.15) is 0 Å². The zero-order valence-electron chi connectivity index (χ0n) is 10.4. The van der Waals surface area contributed by atoms with Crippen molar-refractivity contribution in [2.75, 3.05) is 24.6 Å². The number of carbonyl (C=O) groups excluding carboxylic acids is 1. The molecule has 1 aromatic heterocycles. The molecule has 17 heavy (non-hydrogen) atoms. The standard InChI is InChI=1S/C12H17ClN2O2/c1-4-15(5-2)11-8-9(7-10(13)14-11)12(16)17-6-3/h7-8H,4-6H2,1-3H3. The number of anilines is 1. The van der Waals surface area contributed by atoms with E-state index in [2.05, 4.69) is 4.98 Å². The Bertz CT molecular complexity index is 392. The van der Waals surface area contributed by atoms with Crippen molar-refractivity contribution < 1.29 is 9.53 Å². The van der Waals surface area contributed by atoms with Gasteiger partial charge in [-0.25, -0.2) is 9.78 Å². The van der Waals surface area contributed by atoms with Crippen molar-refractivity contribution in [2.24, 2.45) is 0 Å². The Morgan fingerprint density at radius 1 is 1.35 bits per heavy atom. The van der Waals surface area contributed by atoms with Gasteiger partial charge in [0, 0.05) is 13.1 Å². The average molecular weight is 257 g/mol. The van der Waals surface area contributed by atoms with Crippen molar-refractivity contribution in [3.05, 3.63) is 22.8 Å². The fraction of sp³-hybridized carbons (Fsp3) is 0.500. The summed E-state index contributed by atoms with van der Waals surface area (Å²) in [7, 11) is 0. The summed E-state index contributed by atoms with van der Waals surface area (Å²) in [6.07, 6.45) is 0. The predicted molar refractivity (Wildman–Crippen MR) is 68.8 cm³/mol. The normalized spacial score (nSPS) is 10.1. The molecule has 0 unspecified atom stereocenters. The molecule has 0 aliphatic heterocycles. The second-order valence-electron chi connectivity index (χ2n) is 3.43. The summed E-state index contributed by atoms with van der Waals surface area (Å²) < 4.78 is 4.94. The molecule has 1 heterocycles. The molecule has 1 aromatic rings. The molecule has 0 radical (unpaired) electrons. The highest BCUT2D eigenvalue weighted by Crippen LogP contribution is 2.18. The van der Waals surface area contributed by atoms with Crippen LogP contribution in [0, 0.1) is 0 Å². The molecule has 5 heteroatoms. The molecule has 0 aliphatic carbocycles. The minimum Gasteiger partial charge on any atom is -0.462 e. The quantitative estimate of drug-likeness (QED) is 0.600. The van der Waals surface area contributed by atoms with E-state index in [-0.39, 0.29) is 5.97 Å². The van der Waals surface area contributed by atoms with Gasteiger partial charge in [0.05, 0.1) is 12.2 Å². The largest absolute Gasteiger partial charge is 0.462 e. The third kappa shape index (κ3) is 3.60. The minimum absolute atomic E-state index is 0.303. The van der Waals surface area contributed by atoms with Gasteiger partial charge >= 0.3 is 5.97 Å². The van der Waals surface area contributed by atoms with Crippen LogP contribution in [0.15, 0.2) is 12.1 Å². The zero-order chi connectivity index (χ0) is 12.8. The average Bonchev–Trinajstić information content (AvgIpc) is 2.30. The van der Waals surface area contributed by atoms with Crippen LogP contribution in [0.4, 0.5) is 5.82 Å². The maximum Gasteiger partial charge on any atom is 0.338 e. The Morgan fingerprint density at radius 2 is 2.00 bits per heavy atom. The van der Waals surface area contributed by atoms with Crippen LogP contribution < -0.4 is 4.90 Å². The number of ether oxygens (including phenoxy) is 1. The maximum absolute atomic E-state index is 11.6. The summed E-state index contributed by atoms with van der Waals surface area (Å²) in [5.74, 6) is 0.329. The summed E-state index contributed by atoms with van der Waals surface area (Å²) in [5.41, 5.74) is 0.439. The van der Waals surface area contributed by atoms with Gasteiger partial charge < -0.3 is 9.64 Å². The number of hydrogen-bond donors (Lipinski definition) is 0. The molecule has 0 aromatic carbocycles. The topological polar surface area (TPSA) is 42.4 Å². The summed E-state index contributed by atoms with van der Waals surface area (Å²) >= 11 is 5.91. The molecular weight excluding hydrogens is 240 g/mol. The van der Waals surface area contributed by atoms with Crippen LogP contribution in [0.5, 0.6) is 0 Å². The lowest BCUT2D eigenvalue weighted by atomic mass is 10.2. The Balaban J connectivity index is 3.05. The number of nitrogens with zero attached hydrogens (tertiary/aromatic N) is 2. The second kappa shape index (κ2) is 6.45. The van der Waals surface area contributed by atoms with Gasteiger partial charge in [-0.15, -0.1) is 0 Å². The van der Waals surface area contributed by atoms with E-state index in [1.807, 2.05) is 18.7 Å². The smallest absolute Gasteiger partial charge is 0.338 e. The van der Waals surface area contributed by atoms with E-state index in [1.54, 1.807) is 13.0 Å². The van der Waals surface area contributed by atoms with Crippen LogP contribution in [-0.4, -0.2) is 30.6 Å². The monoisotopic (exact) mass is 256 g/mol. The highest BCUT2D eigenvalue weighted by molar-refractivity contribution is 6.29. The maximum atomic E-state index is 11.6. The molecule has 0 atom stereocenters. The molecule has 0 saturated carbocycles. The van der Waals surface area contributed by atoms with Gasteiger partial charge in [0.15, 0.2) is 0 Å². The third-order valence-corrected chi connectivity index (χ3v) is 2.57. The molecule has 0 saturated heterocycles. The predicted octanol–water partition coefficient (Wildman–Crippen LogP) is 2.76. The highest BCUT2D eigenvalue weighted by atomic mass is 35.5. The van der Waals surface area contributed by atoms with Gasteiger partial charge in [-0.3, -0.25) is 0 Å². The number of aromatic nitrogens is 1. The third-order valence-electron chi connectivity index (χ3n) is 2.38. The van der Waals surface area contributed by atoms with E-state index in [4.69, 9.17) is 16.3 Å². The lowest BCUT2D eigenvalue weighted by Gasteiger charge is -2.20. The van der Waals surface area contributed by atoms with Crippen LogP contribution in [0.25, 0.3) is 0 Å². The number of esters is 1. The summed E-state index contributed by atoms with van der Waals surface area (Å²) in [6, 6.07) is 3.23. The Morgan fingerprint density at radius 3 is 2.53 bits per heavy atom. The van der Waals surface area contributed by atoms with Crippen molar-refractivity contribution >= 4 is 23.4 Å². The second-order valence-corrected chi connectivity index (χ2v) is 3.82. The van der Waals surface area contributed by atoms with Crippen molar-refractivity contribution in [3.8, 4) is 0 Å². The van der Waals surface area contributed by atoms with Crippen LogP contribution in [0.2, 0.25) is 5.15 Å². The van der Waals surface area contributed by atoms with E-state index in [0.29, 0.717) is 23.1 Å². The first kappa shape index (κ1) is 13.8. The molecule has 0 fully saturated rings. The van der Waals surface area contributed by atoms with E-state index >= 15 is 0 Å². The molecule has 94 valence electrons. The molecule has 0 aliphatic rings. The Hall–Kier alpha value is -1.29. The van der Waals surface area contributed by atoms with E-state index < -0.39 is 0 Å². The number of pyridine rings is 1. The van der Waals surface area contributed by atoms with Crippen LogP contribution in [0.1, 0.15) is 31.1 Å². The number of carbonyl (C=O) groups is 1. The van der Waals surface area contributed by atoms with Gasteiger partial charge in [0.2, 0.25) is 0 Å². The summed E-state index contributed by atoms with van der Waals surface area (Å²) in [5, 5.41) is 0.303. The summed E-state index contributed by atoms with van der Waals surface area (Å²) in [4.78, 5) is 17.8. The minimum atomic E-state index is -0.370. The van der Waals surface area contributed by atoms with Gasteiger partial charge in [-0.1, -0.05) is 11.6 Å². The van der Waals surface area contributed by atoms with Crippen LogP contribution >= 0.6 is 11.6 Å². The SMILES string of the molecule is CCOC(=O)c1cc(Cl)nc(N(CC)CC)c1. The lowest BCUT2D eigenvalue weighted by Crippen LogP contribution is -2.23. The van der Waals surface area contributed by atoms with Gasteiger partial charge in [0.25, 0.3) is 0 Å². The van der Waals surface area contributed by atoms with Gasteiger partial charge in [0.1, 0.15) is 11.0 Å². The van der Waals surface area contributed by atoms with Crippen molar-refractivity contribution in [1.29, 1.82) is 0 Å². The van der Waals surface area contributed by atoms with Crippen molar-refractivity contribution in [2.45, 2.75) is 20.8 Å². The fourth-order valence-electron chi connectivity index (χ4n) is 1.52. The van der Waals surface area contributed by atoms with E-state index in [1.165, 1.54) is 6.07 Å². The number of halogens is 1. The summed E-state index contributed by atoms with van der Waals surface area (Å²) in [6.45, 7) is 7.79. The molecular formula is C12H17ClN2O2. The molecule has 0 spiro atoms. The zero-order valence-corrected chi connectivity index (χ0v) is 11.1. The Kier molecular flexibility index (Phi) is 5.22. The molecule has 0 amide bonds. The van der Waals surface area contributed by atoms with Crippen LogP contribution in [0.3, 0.4) is 0 Å². The molecule has 1 rings (SSSR count).